The van der Waals surface area contributed by atoms with Crippen LogP contribution in [0.3, 0.4) is 0 Å². The maximum absolute atomic E-state index is 14.1. The van der Waals surface area contributed by atoms with E-state index in [1.807, 2.05) is 18.2 Å². The number of anilines is 2. The number of hydrogen-bond acceptors (Lipinski definition) is 4. The lowest BCUT2D eigenvalue weighted by atomic mass is 10.1. The topological polar surface area (TPSA) is 32.8 Å². The van der Waals surface area contributed by atoms with Crippen LogP contribution in [0, 0.1) is 12.7 Å². The van der Waals surface area contributed by atoms with Crippen LogP contribution in [0.5, 0.6) is 0 Å². The van der Waals surface area contributed by atoms with Crippen molar-refractivity contribution in [3.63, 3.8) is 0 Å². The van der Waals surface area contributed by atoms with Gasteiger partial charge in [-0.2, -0.15) is 0 Å². The summed E-state index contributed by atoms with van der Waals surface area (Å²) in [5, 5.41) is 0.725. The molecular formula is C19H20ClFN2O2. The molecule has 132 valence electrons. The van der Waals surface area contributed by atoms with Gasteiger partial charge in [0, 0.05) is 42.6 Å². The summed E-state index contributed by atoms with van der Waals surface area (Å²) in [4.78, 5) is 15.9. The van der Waals surface area contributed by atoms with Crippen LogP contribution in [0.15, 0.2) is 36.4 Å². The van der Waals surface area contributed by atoms with Crippen molar-refractivity contribution in [2.24, 2.45) is 0 Å². The second-order valence-electron chi connectivity index (χ2n) is 6.06. The molecule has 0 N–H and O–H groups in total. The zero-order chi connectivity index (χ0) is 18.0. The van der Waals surface area contributed by atoms with Crippen LogP contribution >= 0.6 is 11.6 Å². The number of hydrogen-bond donors (Lipinski definition) is 0. The van der Waals surface area contributed by atoms with Crippen molar-refractivity contribution in [3.05, 3.63) is 58.4 Å². The van der Waals surface area contributed by atoms with E-state index < -0.39 is 11.8 Å². The van der Waals surface area contributed by atoms with Crippen LogP contribution in [0.1, 0.15) is 15.9 Å². The Kier molecular flexibility index (Phi) is 5.13. The number of benzene rings is 2. The first-order valence-electron chi connectivity index (χ1n) is 8.13. The summed E-state index contributed by atoms with van der Waals surface area (Å²) < 4.78 is 18.7. The van der Waals surface area contributed by atoms with Crippen molar-refractivity contribution in [1.29, 1.82) is 0 Å². The molecule has 1 saturated heterocycles. The van der Waals surface area contributed by atoms with Crippen LogP contribution in [0.2, 0.25) is 5.02 Å². The quantitative estimate of drug-likeness (QED) is 0.775. The molecule has 25 heavy (non-hydrogen) atoms. The number of carbonyl (C=O) groups is 1. The van der Waals surface area contributed by atoms with Crippen molar-refractivity contribution < 1.29 is 13.9 Å². The number of aryl methyl sites for hydroxylation is 1. The van der Waals surface area contributed by atoms with Crippen molar-refractivity contribution >= 4 is 28.9 Å². The molecule has 2 aromatic rings. The monoisotopic (exact) mass is 362 g/mol. The van der Waals surface area contributed by atoms with Gasteiger partial charge in [-0.15, -0.1) is 0 Å². The standard InChI is InChI=1S/C19H20ClFN2O2/c1-13-3-4-14(20)11-18(13)23-9-7-22(8-10-23)15-5-6-16(17(21)12-15)19(24)25-2/h3-6,11-12H,7-10H2,1-2H3. The Morgan fingerprint density at radius 3 is 2.40 bits per heavy atom. The highest BCUT2D eigenvalue weighted by Crippen LogP contribution is 2.27. The van der Waals surface area contributed by atoms with Gasteiger partial charge in [0.25, 0.3) is 0 Å². The van der Waals surface area contributed by atoms with Crippen LogP contribution in [-0.4, -0.2) is 39.3 Å². The average molecular weight is 363 g/mol. The summed E-state index contributed by atoms with van der Waals surface area (Å²) in [7, 11) is 1.24. The molecule has 3 rings (SSSR count). The Balaban J connectivity index is 1.71. The predicted octanol–water partition coefficient (Wildman–Crippen LogP) is 3.90. The smallest absolute Gasteiger partial charge is 0.340 e. The first kappa shape index (κ1) is 17.5. The number of esters is 1. The Bertz CT molecular complexity index is 789. The highest BCUT2D eigenvalue weighted by Gasteiger charge is 2.21. The van der Waals surface area contributed by atoms with Crippen molar-refractivity contribution in [2.45, 2.75) is 6.92 Å². The molecule has 0 bridgehead atoms. The highest BCUT2D eigenvalue weighted by molar-refractivity contribution is 6.30. The van der Waals surface area contributed by atoms with Gasteiger partial charge in [0.15, 0.2) is 0 Å². The fourth-order valence-electron chi connectivity index (χ4n) is 3.11. The average Bonchev–Trinajstić information content (AvgIpc) is 2.63. The molecule has 0 radical (unpaired) electrons. The van der Waals surface area contributed by atoms with Crippen molar-refractivity contribution in [1.82, 2.24) is 0 Å². The van der Waals surface area contributed by atoms with Gasteiger partial charge in [0.2, 0.25) is 0 Å². The van der Waals surface area contributed by atoms with Gasteiger partial charge in [-0.25, -0.2) is 9.18 Å². The van der Waals surface area contributed by atoms with Crippen molar-refractivity contribution in [2.75, 3.05) is 43.1 Å². The van der Waals surface area contributed by atoms with Crippen LogP contribution in [0.25, 0.3) is 0 Å². The minimum absolute atomic E-state index is 0.0422. The first-order chi connectivity index (χ1) is 12.0. The SMILES string of the molecule is COC(=O)c1ccc(N2CCN(c3cc(Cl)ccc3C)CC2)cc1F. The summed E-state index contributed by atoms with van der Waals surface area (Å²) in [6, 6.07) is 10.5. The maximum atomic E-state index is 14.1. The third-order valence-electron chi connectivity index (χ3n) is 4.51. The van der Waals surface area contributed by atoms with Gasteiger partial charge in [-0.3, -0.25) is 0 Å². The zero-order valence-electron chi connectivity index (χ0n) is 14.3. The molecule has 0 atom stereocenters. The van der Waals surface area contributed by atoms with Gasteiger partial charge in [-0.1, -0.05) is 17.7 Å². The van der Waals surface area contributed by atoms with Gasteiger partial charge in [0.1, 0.15) is 5.82 Å². The number of carbonyl (C=O) groups excluding carboxylic acids is 1. The molecule has 0 unspecified atom stereocenters. The minimum atomic E-state index is -0.662. The van der Waals surface area contributed by atoms with E-state index in [0.717, 1.165) is 42.6 Å². The largest absolute Gasteiger partial charge is 0.465 e. The van der Waals surface area contributed by atoms with Gasteiger partial charge in [0.05, 0.1) is 12.7 Å². The van der Waals surface area contributed by atoms with Crippen LogP contribution in [-0.2, 0) is 4.74 Å². The molecule has 1 fully saturated rings. The molecular weight excluding hydrogens is 343 g/mol. The molecule has 6 heteroatoms. The molecule has 0 amide bonds. The summed E-state index contributed by atoms with van der Waals surface area (Å²) >= 11 is 6.11. The van der Waals surface area contributed by atoms with E-state index in [1.54, 1.807) is 6.07 Å². The maximum Gasteiger partial charge on any atom is 0.340 e. The Morgan fingerprint density at radius 2 is 1.76 bits per heavy atom. The van der Waals surface area contributed by atoms with E-state index in [9.17, 15) is 9.18 Å². The number of nitrogens with zero attached hydrogens (tertiary/aromatic N) is 2. The first-order valence-corrected chi connectivity index (χ1v) is 8.51. The fourth-order valence-corrected chi connectivity index (χ4v) is 3.27. The lowest BCUT2D eigenvalue weighted by Gasteiger charge is -2.38. The van der Waals surface area contributed by atoms with E-state index in [0.29, 0.717) is 0 Å². The minimum Gasteiger partial charge on any atom is -0.465 e. The van der Waals surface area contributed by atoms with Crippen LogP contribution < -0.4 is 9.80 Å². The summed E-state index contributed by atoms with van der Waals surface area (Å²) in [5.41, 5.74) is 3.05. The fraction of sp³-hybridized carbons (Fsp3) is 0.316. The van der Waals surface area contributed by atoms with E-state index in [4.69, 9.17) is 11.6 Å². The van der Waals surface area contributed by atoms with E-state index in [-0.39, 0.29) is 5.56 Å². The lowest BCUT2D eigenvalue weighted by Crippen LogP contribution is -2.46. The molecule has 0 spiro atoms. The Morgan fingerprint density at radius 1 is 1.08 bits per heavy atom. The molecule has 1 aliphatic rings. The molecule has 2 aromatic carbocycles. The second kappa shape index (κ2) is 7.31. The molecule has 0 aliphatic carbocycles. The molecule has 1 heterocycles. The third-order valence-corrected chi connectivity index (χ3v) is 4.75. The summed E-state index contributed by atoms with van der Waals surface area (Å²) in [6.07, 6.45) is 0. The van der Waals surface area contributed by atoms with Gasteiger partial charge >= 0.3 is 5.97 Å². The lowest BCUT2D eigenvalue weighted by molar-refractivity contribution is 0.0595. The number of halogens is 2. The van der Waals surface area contributed by atoms with E-state index in [1.165, 1.54) is 24.8 Å². The second-order valence-corrected chi connectivity index (χ2v) is 6.50. The number of piperazine rings is 1. The van der Waals surface area contributed by atoms with E-state index in [2.05, 4.69) is 21.5 Å². The normalized spacial score (nSPS) is 14.6. The zero-order valence-corrected chi connectivity index (χ0v) is 15.0. The molecule has 1 aliphatic heterocycles. The van der Waals surface area contributed by atoms with Gasteiger partial charge in [-0.05, 0) is 42.8 Å². The number of rotatable bonds is 3. The van der Waals surface area contributed by atoms with Crippen molar-refractivity contribution in [3.8, 4) is 0 Å². The third kappa shape index (κ3) is 3.71. The van der Waals surface area contributed by atoms with Gasteiger partial charge < -0.3 is 14.5 Å². The number of methoxy groups -OCH3 is 1. The highest BCUT2D eigenvalue weighted by atomic mass is 35.5. The van der Waals surface area contributed by atoms with E-state index >= 15 is 0 Å². The Labute approximate surface area is 151 Å². The predicted molar refractivity (Wildman–Crippen MR) is 98.4 cm³/mol. The summed E-state index contributed by atoms with van der Waals surface area (Å²) in [6.45, 7) is 5.24. The molecule has 0 aromatic heterocycles. The van der Waals surface area contributed by atoms with Crippen LogP contribution in [0.4, 0.5) is 15.8 Å². The molecule has 0 saturated carbocycles. The molecule has 4 nitrogen and oxygen atoms in total. The Hall–Kier alpha value is -2.27. The summed E-state index contributed by atoms with van der Waals surface area (Å²) in [5.74, 6) is -1.22. The number of ether oxygens (including phenoxy) is 1.